The zero-order valence-corrected chi connectivity index (χ0v) is 12.1. The van der Waals surface area contributed by atoms with E-state index in [1.165, 1.54) is 27.5 Å². The summed E-state index contributed by atoms with van der Waals surface area (Å²) < 4.78 is 0. The maximum atomic E-state index is 4.73. The summed E-state index contributed by atoms with van der Waals surface area (Å²) in [4.78, 5) is 1.13. The largest absolute Gasteiger partial charge is 0.143 e. The number of benzene rings is 3. The fourth-order valence-corrected chi connectivity index (χ4v) is 3.85. The van der Waals surface area contributed by atoms with Crippen molar-refractivity contribution in [2.24, 2.45) is 0 Å². The van der Waals surface area contributed by atoms with Crippen LogP contribution in [-0.2, 0) is 12.8 Å². The molecule has 3 aromatic rings. The Labute approximate surface area is 124 Å². The highest BCUT2D eigenvalue weighted by Crippen LogP contribution is 2.39. The van der Waals surface area contributed by atoms with Gasteiger partial charge in [0.25, 0.3) is 0 Å². The van der Waals surface area contributed by atoms with Gasteiger partial charge in [-0.2, -0.15) is 0 Å². The van der Waals surface area contributed by atoms with Gasteiger partial charge in [-0.1, -0.05) is 54.6 Å². The molecule has 0 amide bonds. The monoisotopic (exact) mass is 276 g/mol. The first-order valence-electron chi connectivity index (χ1n) is 7.10. The molecule has 4 rings (SSSR count). The predicted octanol–water partition coefficient (Wildman–Crippen LogP) is 5.01. The van der Waals surface area contributed by atoms with E-state index >= 15 is 0 Å². The molecule has 0 saturated carbocycles. The molecule has 0 heterocycles. The fourth-order valence-electron chi connectivity index (χ4n) is 3.48. The highest BCUT2D eigenvalue weighted by atomic mass is 32.1. The van der Waals surface area contributed by atoms with Gasteiger partial charge in [-0.05, 0) is 52.3 Å². The van der Waals surface area contributed by atoms with E-state index in [9.17, 15) is 0 Å². The van der Waals surface area contributed by atoms with Crippen LogP contribution in [0.2, 0.25) is 0 Å². The summed E-state index contributed by atoms with van der Waals surface area (Å²) in [6.07, 6.45) is 2.27. The summed E-state index contributed by atoms with van der Waals surface area (Å²) in [5.41, 5.74) is 4.42. The fraction of sp³-hybridized carbons (Fsp3) is 0.158. The zero-order valence-electron chi connectivity index (χ0n) is 11.2. The first-order valence-corrected chi connectivity index (χ1v) is 7.55. The van der Waals surface area contributed by atoms with E-state index < -0.39 is 0 Å². The smallest absolute Gasteiger partial charge is 0.00815 e. The molecule has 0 aliphatic heterocycles. The number of fused-ring (bicyclic) bond motifs is 2. The Balaban J connectivity index is 1.86. The zero-order chi connectivity index (χ0) is 13.5. The SMILES string of the molecule is Sc1ccc2ccccc2c1C1Cc2ccccc2C1. The van der Waals surface area contributed by atoms with E-state index in [2.05, 4.69) is 60.7 Å². The number of hydrogen-bond acceptors (Lipinski definition) is 1. The van der Waals surface area contributed by atoms with Crippen molar-refractivity contribution in [1.29, 1.82) is 0 Å². The topological polar surface area (TPSA) is 0 Å². The van der Waals surface area contributed by atoms with Crippen molar-refractivity contribution in [3.05, 3.63) is 77.4 Å². The van der Waals surface area contributed by atoms with Gasteiger partial charge < -0.3 is 0 Å². The lowest BCUT2D eigenvalue weighted by Crippen LogP contribution is -2.00. The van der Waals surface area contributed by atoms with Gasteiger partial charge in [-0.3, -0.25) is 0 Å². The highest BCUT2D eigenvalue weighted by molar-refractivity contribution is 7.80. The number of hydrogen-bond donors (Lipinski definition) is 1. The molecule has 0 aromatic heterocycles. The van der Waals surface area contributed by atoms with E-state index in [0.717, 1.165) is 17.7 Å². The molecule has 1 aliphatic carbocycles. The molecule has 0 N–H and O–H groups in total. The van der Waals surface area contributed by atoms with Crippen LogP contribution < -0.4 is 0 Å². The second-order valence-electron chi connectivity index (χ2n) is 5.59. The average molecular weight is 276 g/mol. The van der Waals surface area contributed by atoms with Crippen molar-refractivity contribution in [3.8, 4) is 0 Å². The first kappa shape index (κ1) is 12.0. The van der Waals surface area contributed by atoms with Crippen molar-refractivity contribution in [3.63, 3.8) is 0 Å². The molecule has 1 heteroatoms. The molecule has 0 atom stereocenters. The molecule has 0 nitrogen and oxygen atoms in total. The molecule has 0 bridgehead atoms. The van der Waals surface area contributed by atoms with E-state index in [1.54, 1.807) is 0 Å². The van der Waals surface area contributed by atoms with Crippen LogP contribution in [-0.4, -0.2) is 0 Å². The highest BCUT2D eigenvalue weighted by Gasteiger charge is 2.25. The molecule has 3 aromatic carbocycles. The van der Waals surface area contributed by atoms with Crippen molar-refractivity contribution in [2.45, 2.75) is 23.7 Å². The first-order chi connectivity index (χ1) is 9.83. The van der Waals surface area contributed by atoms with Crippen molar-refractivity contribution in [1.82, 2.24) is 0 Å². The molecule has 0 fully saturated rings. The number of rotatable bonds is 1. The van der Waals surface area contributed by atoms with Gasteiger partial charge in [-0.25, -0.2) is 0 Å². The van der Waals surface area contributed by atoms with E-state index in [1.807, 2.05) is 0 Å². The summed E-state index contributed by atoms with van der Waals surface area (Å²) in [6, 6.07) is 21.8. The van der Waals surface area contributed by atoms with Gasteiger partial charge in [0.15, 0.2) is 0 Å². The Hall–Kier alpha value is -1.73. The van der Waals surface area contributed by atoms with Gasteiger partial charge in [0.1, 0.15) is 0 Å². The van der Waals surface area contributed by atoms with E-state index in [4.69, 9.17) is 12.6 Å². The van der Waals surface area contributed by atoms with Gasteiger partial charge in [0.2, 0.25) is 0 Å². The third-order valence-corrected chi connectivity index (χ3v) is 4.80. The Morgan fingerprint density at radius 3 is 2.15 bits per heavy atom. The van der Waals surface area contributed by atoms with Crippen molar-refractivity contribution >= 4 is 23.4 Å². The van der Waals surface area contributed by atoms with Crippen LogP contribution in [0.25, 0.3) is 10.8 Å². The van der Waals surface area contributed by atoms with Crippen molar-refractivity contribution in [2.75, 3.05) is 0 Å². The Morgan fingerprint density at radius 1 is 0.750 bits per heavy atom. The van der Waals surface area contributed by atoms with Crippen LogP contribution in [0.3, 0.4) is 0 Å². The lowest BCUT2D eigenvalue weighted by Gasteiger charge is -2.16. The second kappa shape index (κ2) is 4.68. The van der Waals surface area contributed by atoms with Crippen LogP contribution in [0.1, 0.15) is 22.6 Å². The Morgan fingerprint density at radius 2 is 1.40 bits per heavy atom. The Kier molecular flexibility index (Phi) is 2.82. The summed E-state index contributed by atoms with van der Waals surface area (Å²) >= 11 is 4.73. The third-order valence-electron chi connectivity index (χ3n) is 4.41. The molecular formula is C19H16S. The molecule has 0 radical (unpaired) electrons. The van der Waals surface area contributed by atoms with Crippen LogP contribution in [0.4, 0.5) is 0 Å². The van der Waals surface area contributed by atoms with Crippen LogP contribution in [0.15, 0.2) is 65.6 Å². The predicted molar refractivity (Wildman–Crippen MR) is 87.8 cm³/mol. The van der Waals surface area contributed by atoms with Gasteiger partial charge >= 0.3 is 0 Å². The molecule has 0 spiro atoms. The Bertz CT molecular complexity index is 764. The van der Waals surface area contributed by atoms with E-state index in [-0.39, 0.29) is 0 Å². The van der Waals surface area contributed by atoms with Gasteiger partial charge in [0, 0.05) is 4.90 Å². The molecule has 0 unspecified atom stereocenters. The average Bonchev–Trinajstić information content (AvgIpc) is 2.90. The summed E-state index contributed by atoms with van der Waals surface area (Å²) in [5.74, 6) is 0.561. The quantitative estimate of drug-likeness (QED) is 0.593. The maximum Gasteiger partial charge on any atom is 0.00815 e. The molecule has 20 heavy (non-hydrogen) atoms. The lowest BCUT2D eigenvalue weighted by atomic mass is 9.91. The molecular weight excluding hydrogens is 260 g/mol. The second-order valence-corrected chi connectivity index (χ2v) is 6.08. The maximum absolute atomic E-state index is 4.73. The van der Waals surface area contributed by atoms with Crippen LogP contribution >= 0.6 is 12.6 Å². The normalized spacial score (nSPS) is 14.7. The number of thiol groups is 1. The van der Waals surface area contributed by atoms with Crippen LogP contribution in [0, 0.1) is 0 Å². The summed E-state index contributed by atoms with van der Waals surface area (Å²) in [7, 11) is 0. The summed E-state index contributed by atoms with van der Waals surface area (Å²) in [6.45, 7) is 0. The van der Waals surface area contributed by atoms with Crippen molar-refractivity contribution < 1.29 is 0 Å². The molecule has 1 aliphatic rings. The minimum atomic E-state index is 0.561. The molecule has 98 valence electrons. The molecule has 0 saturated heterocycles. The van der Waals surface area contributed by atoms with Gasteiger partial charge in [-0.15, -0.1) is 12.6 Å². The standard InChI is InChI=1S/C19H16S/c20-18-10-9-13-5-3-4-8-17(13)19(18)16-11-14-6-1-2-7-15(14)12-16/h1-10,16,20H,11-12H2. The van der Waals surface area contributed by atoms with Crippen LogP contribution in [0.5, 0.6) is 0 Å². The minimum absolute atomic E-state index is 0.561. The minimum Gasteiger partial charge on any atom is -0.143 e. The summed E-state index contributed by atoms with van der Waals surface area (Å²) in [5, 5.41) is 2.68. The third kappa shape index (κ3) is 1.85. The van der Waals surface area contributed by atoms with Gasteiger partial charge in [0.05, 0.1) is 0 Å². The van der Waals surface area contributed by atoms with E-state index in [0.29, 0.717) is 5.92 Å². The lowest BCUT2D eigenvalue weighted by molar-refractivity contribution is 0.734.